The van der Waals surface area contributed by atoms with Gasteiger partial charge in [0.15, 0.2) is 5.82 Å². The van der Waals surface area contributed by atoms with Crippen LogP contribution in [0.15, 0.2) is 30.6 Å². The second kappa shape index (κ2) is 4.82. The van der Waals surface area contributed by atoms with Crippen molar-refractivity contribution < 1.29 is 9.31 Å². The summed E-state index contributed by atoms with van der Waals surface area (Å²) in [5.74, 6) is 0.00552. The third-order valence-electron chi connectivity index (χ3n) is 2.53. The molecule has 0 aliphatic carbocycles. The predicted molar refractivity (Wildman–Crippen MR) is 63.6 cm³/mol. The number of nitro benzene ring substituents is 1. The molecule has 0 atom stereocenters. The minimum absolute atomic E-state index is 0.120. The molecule has 6 nitrogen and oxygen atoms in total. The number of anilines is 1. The highest BCUT2D eigenvalue weighted by molar-refractivity contribution is 5.62. The molecule has 0 aliphatic heterocycles. The van der Waals surface area contributed by atoms with Crippen molar-refractivity contribution in [3.05, 3.63) is 52.3 Å². The molecule has 1 N–H and O–H groups in total. The van der Waals surface area contributed by atoms with Crippen molar-refractivity contribution in [3.63, 3.8) is 0 Å². The Labute approximate surface area is 102 Å². The van der Waals surface area contributed by atoms with Gasteiger partial charge in [-0.15, -0.1) is 0 Å². The molecule has 0 aliphatic rings. The first kappa shape index (κ1) is 12.0. The first-order valence-corrected chi connectivity index (χ1v) is 5.22. The summed E-state index contributed by atoms with van der Waals surface area (Å²) in [6.45, 7) is 0.214. The molecule has 0 spiro atoms. The number of nitro groups is 1. The molecule has 0 bridgehead atoms. The van der Waals surface area contributed by atoms with E-state index in [2.05, 4.69) is 10.3 Å². The molecule has 0 fully saturated rings. The molecule has 1 aromatic carbocycles. The summed E-state index contributed by atoms with van der Waals surface area (Å²) in [7, 11) is 1.79. The number of aryl methyl sites for hydroxylation is 1. The smallest absolute Gasteiger partial charge is 0.295 e. The Morgan fingerprint density at radius 1 is 1.56 bits per heavy atom. The molecule has 0 unspecified atom stereocenters. The van der Waals surface area contributed by atoms with E-state index in [0.717, 1.165) is 0 Å². The number of aromatic nitrogens is 2. The highest BCUT2D eigenvalue weighted by Gasteiger charge is 2.17. The molecule has 0 saturated carbocycles. The standard InChI is InChI=1S/C11H11FN4O2/c1-15-6-5-13-10(15)7-14-11-8(12)3-2-4-9(11)16(17)18/h2-6,14H,7H2,1H3. The van der Waals surface area contributed by atoms with E-state index in [4.69, 9.17) is 0 Å². The lowest BCUT2D eigenvalue weighted by Gasteiger charge is -2.07. The minimum atomic E-state index is -0.654. The van der Waals surface area contributed by atoms with Crippen molar-refractivity contribution >= 4 is 11.4 Å². The lowest BCUT2D eigenvalue weighted by atomic mass is 10.2. The monoisotopic (exact) mass is 250 g/mol. The quantitative estimate of drug-likeness (QED) is 0.666. The molecule has 1 heterocycles. The van der Waals surface area contributed by atoms with Gasteiger partial charge in [-0.1, -0.05) is 6.07 Å². The summed E-state index contributed by atoms with van der Waals surface area (Å²) in [4.78, 5) is 14.2. The molecule has 94 valence electrons. The largest absolute Gasteiger partial charge is 0.370 e. The Bertz CT molecular complexity index is 582. The van der Waals surface area contributed by atoms with Gasteiger partial charge in [0.1, 0.15) is 11.5 Å². The third kappa shape index (κ3) is 2.29. The van der Waals surface area contributed by atoms with E-state index in [0.29, 0.717) is 5.82 Å². The average molecular weight is 250 g/mol. The second-order valence-corrected chi connectivity index (χ2v) is 3.70. The first-order chi connectivity index (χ1) is 8.59. The number of imidazole rings is 1. The van der Waals surface area contributed by atoms with Crippen LogP contribution in [0.2, 0.25) is 0 Å². The molecule has 7 heteroatoms. The van der Waals surface area contributed by atoms with Crippen molar-refractivity contribution in [2.75, 3.05) is 5.32 Å². The van der Waals surface area contributed by atoms with Crippen LogP contribution in [0.5, 0.6) is 0 Å². The lowest BCUT2D eigenvalue weighted by Crippen LogP contribution is -2.08. The van der Waals surface area contributed by atoms with Crippen molar-refractivity contribution in [2.24, 2.45) is 7.05 Å². The first-order valence-electron chi connectivity index (χ1n) is 5.22. The number of rotatable bonds is 4. The maximum atomic E-state index is 13.5. The Kier molecular flexibility index (Phi) is 3.22. The zero-order valence-electron chi connectivity index (χ0n) is 9.63. The molecule has 0 saturated heterocycles. The van der Waals surface area contributed by atoms with Crippen LogP contribution in [0.4, 0.5) is 15.8 Å². The normalized spacial score (nSPS) is 10.3. The SMILES string of the molecule is Cn1ccnc1CNc1c(F)cccc1[N+](=O)[O-]. The highest BCUT2D eigenvalue weighted by atomic mass is 19.1. The van der Waals surface area contributed by atoms with Gasteiger partial charge >= 0.3 is 0 Å². The number of para-hydroxylation sites is 1. The molecular formula is C11H11FN4O2. The van der Waals surface area contributed by atoms with Gasteiger partial charge in [0, 0.05) is 25.5 Å². The van der Waals surface area contributed by atoms with E-state index < -0.39 is 10.7 Å². The maximum absolute atomic E-state index is 13.5. The second-order valence-electron chi connectivity index (χ2n) is 3.70. The number of halogens is 1. The van der Waals surface area contributed by atoms with E-state index in [9.17, 15) is 14.5 Å². The fourth-order valence-electron chi connectivity index (χ4n) is 1.57. The summed E-state index contributed by atoms with van der Waals surface area (Å²) < 4.78 is 15.3. The van der Waals surface area contributed by atoms with Crippen LogP contribution < -0.4 is 5.32 Å². The summed E-state index contributed by atoms with van der Waals surface area (Å²) in [5.41, 5.74) is -0.408. The molecule has 1 aromatic heterocycles. The van der Waals surface area contributed by atoms with Crippen LogP contribution in [-0.4, -0.2) is 14.5 Å². The van der Waals surface area contributed by atoms with Gasteiger partial charge in [-0.2, -0.15) is 0 Å². The van der Waals surface area contributed by atoms with Crippen molar-refractivity contribution in [1.82, 2.24) is 9.55 Å². The van der Waals surface area contributed by atoms with Gasteiger partial charge < -0.3 is 9.88 Å². The van der Waals surface area contributed by atoms with Crippen molar-refractivity contribution in [3.8, 4) is 0 Å². The maximum Gasteiger partial charge on any atom is 0.295 e. The predicted octanol–water partition coefficient (Wildman–Crippen LogP) is 2.08. The van der Waals surface area contributed by atoms with E-state index in [1.807, 2.05) is 0 Å². The fraction of sp³-hybridized carbons (Fsp3) is 0.182. The zero-order chi connectivity index (χ0) is 13.1. The van der Waals surface area contributed by atoms with E-state index in [-0.39, 0.29) is 17.9 Å². The number of nitrogens with one attached hydrogen (secondary N) is 1. The van der Waals surface area contributed by atoms with Gasteiger partial charge in [0.25, 0.3) is 5.69 Å². The average Bonchev–Trinajstić information content (AvgIpc) is 2.73. The third-order valence-corrected chi connectivity index (χ3v) is 2.53. The van der Waals surface area contributed by atoms with E-state index >= 15 is 0 Å². The van der Waals surface area contributed by atoms with Gasteiger partial charge in [-0.05, 0) is 6.07 Å². The van der Waals surface area contributed by atoms with E-state index in [1.165, 1.54) is 18.2 Å². The summed E-state index contributed by atoms with van der Waals surface area (Å²) >= 11 is 0. The van der Waals surface area contributed by atoms with Crippen LogP contribution in [-0.2, 0) is 13.6 Å². The Balaban J connectivity index is 2.24. The molecule has 0 amide bonds. The Hall–Kier alpha value is -2.44. The van der Waals surface area contributed by atoms with Gasteiger partial charge in [-0.3, -0.25) is 10.1 Å². The van der Waals surface area contributed by atoms with Crippen LogP contribution in [0.3, 0.4) is 0 Å². The summed E-state index contributed by atoms with van der Waals surface area (Å²) in [6, 6.07) is 3.73. The molecule has 2 aromatic rings. The Morgan fingerprint density at radius 2 is 2.33 bits per heavy atom. The molecule has 2 rings (SSSR count). The van der Waals surface area contributed by atoms with Crippen molar-refractivity contribution in [2.45, 2.75) is 6.54 Å². The number of hydrogen-bond donors (Lipinski definition) is 1. The number of nitrogens with zero attached hydrogens (tertiary/aromatic N) is 3. The Morgan fingerprint density at radius 3 is 2.94 bits per heavy atom. The fourth-order valence-corrected chi connectivity index (χ4v) is 1.57. The highest BCUT2D eigenvalue weighted by Crippen LogP contribution is 2.27. The topological polar surface area (TPSA) is 73.0 Å². The minimum Gasteiger partial charge on any atom is -0.370 e. The van der Waals surface area contributed by atoms with Crippen LogP contribution in [0.25, 0.3) is 0 Å². The zero-order valence-corrected chi connectivity index (χ0v) is 9.63. The van der Waals surface area contributed by atoms with E-state index in [1.54, 1.807) is 24.0 Å². The van der Waals surface area contributed by atoms with Crippen molar-refractivity contribution in [1.29, 1.82) is 0 Å². The van der Waals surface area contributed by atoms with Gasteiger partial charge in [-0.25, -0.2) is 9.37 Å². The van der Waals surface area contributed by atoms with Crippen LogP contribution >= 0.6 is 0 Å². The van der Waals surface area contributed by atoms with Gasteiger partial charge in [0.2, 0.25) is 0 Å². The molecule has 18 heavy (non-hydrogen) atoms. The molecule has 0 radical (unpaired) electrons. The summed E-state index contributed by atoms with van der Waals surface area (Å²) in [5, 5.41) is 13.5. The number of hydrogen-bond acceptors (Lipinski definition) is 4. The lowest BCUT2D eigenvalue weighted by molar-refractivity contribution is -0.384. The van der Waals surface area contributed by atoms with Crippen LogP contribution in [0, 0.1) is 15.9 Å². The number of benzene rings is 1. The van der Waals surface area contributed by atoms with Crippen LogP contribution in [0.1, 0.15) is 5.82 Å². The summed E-state index contributed by atoms with van der Waals surface area (Å²) in [6.07, 6.45) is 3.35. The van der Waals surface area contributed by atoms with Gasteiger partial charge in [0.05, 0.1) is 11.5 Å². The molecular weight excluding hydrogens is 239 g/mol.